The molecule has 14 aromatic rings. The van der Waals surface area contributed by atoms with Crippen molar-refractivity contribution in [2.24, 2.45) is 0 Å². The molecule has 2 aliphatic heterocycles. The largest absolute Gasteiger partial charge is 0.456 e. The zero-order valence-corrected chi connectivity index (χ0v) is 49.4. The van der Waals surface area contributed by atoms with Crippen LogP contribution < -0.4 is 26.2 Å². The lowest BCUT2D eigenvalue weighted by Gasteiger charge is -2.46. The summed E-state index contributed by atoms with van der Waals surface area (Å²) in [5, 5.41) is 7.03. The molecule has 0 aliphatic carbocycles. The molecule has 0 saturated carbocycles. The van der Waals surface area contributed by atoms with E-state index in [9.17, 15) is 0 Å². The summed E-state index contributed by atoms with van der Waals surface area (Å²) in [6, 6.07) is 77.1. The van der Waals surface area contributed by atoms with Gasteiger partial charge in [-0.1, -0.05) is 145 Å². The molecule has 0 saturated heterocycles. The van der Waals surface area contributed by atoms with E-state index >= 15 is 0 Å². The number of benzene rings is 11. The molecule has 0 radical (unpaired) electrons. The second-order valence-electron chi connectivity index (χ2n) is 26.0. The van der Waals surface area contributed by atoms with Crippen LogP contribution in [0.2, 0.25) is 0 Å². The monoisotopic (exact) mass is 1090 g/mol. The maximum atomic E-state index is 6.48. The second kappa shape index (κ2) is 18.0. The third-order valence-electron chi connectivity index (χ3n) is 18.5. The first kappa shape index (κ1) is 50.2. The van der Waals surface area contributed by atoms with Gasteiger partial charge in [-0.3, -0.25) is 0 Å². The summed E-state index contributed by atoms with van der Waals surface area (Å²) in [5.41, 5.74) is 30.0. The number of hydrogen-bond acceptors (Lipinski definition) is 4. The lowest BCUT2D eigenvalue weighted by molar-refractivity contribution is 0.590. The van der Waals surface area contributed by atoms with E-state index in [1.807, 2.05) is 12.1 Å². The van der Waals surface area contributed by atoms with Crippen LogP contribution >= 0.6 is 0 Å². The fourth-order valence-corrected chi connectivity index (χ4v) is 14.5. The number of aryl methyl sites for hydroxylation is 4. The molecule has 5 heterocycles. The van der Waals surface area contributed by atoms with Crippen LogP contribution in [0.3, 0.4) is 0 Å². The van der Waals surface area contributed by atoms with Crippen LogP contribution in [-0.4, -0.2) is 11.3 Å². The smallest absolute Gasteiger partial charge is 0.252 e. The maximum absolute atomic E-state index is 6.48. The van der Waals surface area contributed by atoms with Gasteiger partial charge in [0, 0.05) is 60.8 Å². The Labute approximate surface area is 491 Å². The van der Waals surface area contributed by atoms with Crippen molar-refractivity contribution in [3.05, 3.63) is 240 Å². The fourth-order valence-electron chi connectivity index (χ4n) is 14.5. The van der Waals surface area contributed by atoms with Crippen molar-refractivity contribution in [3.63, 3.8) is 0 Å². The van der Waals surface area contributed by atoms with E-state index in [1.54, 1.807) is 0 Å². The van der Waals surface area contributed by atoms with E-state index in [0.717, 1.165) is 66.3 Å². The van der Waals surface area contributed by atoms with E-state index in [2.05, 4.69) is 278 Å². The van der Waals surface area contributed by atoms with E-state index in [0.29, 0.717) is 0 Å². The standard InChI is InChI=1S/C78H64BN3O2/c1-45-34-51(49-28-31-59-57-23-15-18-26-70(57)83-72(59)38-49)35-46(2)75(45)81-66-40-53(77(5,6)7)30-33-62(66)79-63-43-61-56-22-14-17-25-64(56)80(55-20-12-11-13-21-55)65(61)44-67(63)82(69-42-54(78(8,9)10)41-68(81)74(69)79)76-47(3)36-52(37-48(76)4)50-29-32-60-58-24-16-19-27-71(58)84-73(60)39-50/h11-44H,1-10H3. The Kier molecular flexibility index (Phi) is 10.8. The van der Waals surface area contributed by atoms with Crippen molar-refractivity contribution in [3.8, 4) is 27.9 Å². The van der Waals surface area contributed by atoms with Gasteiger partial charge in [-0.25, -0.2) is 0 Å². The van der Waals surface area contributed by atoms with Gasteiger partial charge in [0.15, 0.2) is 0 Å². The highest BCUT2D eigenvalue weighted by Gasteiger charge is 2.46. The molecule has 16 rings (SSSR count). The molecule has 3 aromatic heterocycles. The fraction of sp³-hybridized carbons (Fsp3) is 0.154. The summed E-state index contributed by atoms with van der Waals surface area (Å²) in [6.07, 6.45) is 0. The third-order valence-corrected chi connectivity index (χ3v) is 18.5. The van der Waals surface area contributed by atoms with Crippen molar-refractivity contribution >= 4 is 123 Å². The molecule has 84 heavy (non-hydrogen) atoms. The van der Waals surface area contributed by atoms with E-state index in [4.69, 9.17) is 8.83 Å². The van der Waals surface area contributed by atoms with Crippen molar-refractivity contribution in [1.82, 2.24) is 4.57 Å². The topological polar surface area (TPSA) is 37.7 Å². The molecule has 0 bridgehead atoms. The summed E-state index contributed by atoms with van der Waals surface area (Å²) in [7, 11) is 0. The van der Waals surface area contributed by atoms with Gasteiger partial charge >= 0.3 is 0 Å². The number of hydrogen-bond donors (Lipinski definition) is 0. The minimum absolute atomic E-state index is 0.0929. The Morgan fingerprint density at radius 3 is 1.33 bits per heavy atom. The van der Waals surface area contributed by atoms with Crippen molar-refractivity contribution in [2.45, 2.75) is 80.1 Å². The molecular formula is C78H64BN3O2. The van der Waals surface area contributed by atoms with Crippen LogP contribution in [0.1, 0.15) is 74.9 Å². The Bertz CT molecular complexity index is 5070. The summed E-state index contributed by atoms with van der Waals surface area (Å²) >= 11 is 0. The van der Waals surface area contributed by atoms with Gasteiger partial charge in [-0.15, -0.1) is 0 Å². The molecule has 0 N–H and O–H groups in total. The average molecular weight is 1090 g/mol. The summed E-state index contributed by atoms with van der Waals surface area (Å²) in [5.74, 6) is 0. The number of anilines is 6. The van der Waals surface area contributed by atoms with Crippen LogP contribution in [-0.2, 0) is 10.8 Å². The molecule has 5 nitrogen and oxygen atoms in total. The molecular weight excluding hydrogens is 1020 g/mol. The summed E-state index contributed by atoms with van der Waals surface area (Å²) in [4.78, 5) is 5.32. The number of nitrogens with zero attached hydrogens (tertiary/aromatic N) is 3. The predicted molar refractivity (Wildman–Crippen MR) is 357 cm³/mol. The van der Waals surface area contributed by atoms with Crippen molar-refractivity contribution in [1.29, 1.82) is 0 Å². The van der Waals surface area contributed by atoms with E-state index in [1.165, 1.54) is 111 Å². The third kappa shape index (κ3) is 7.48. The predicted octanol–water partition coefficient (Wildman–Crippen LogP) is 19.8. The van der Waals surface area contributed by atoms with E-state index < -0.39 is 0 Å². The van der Waals surface area contributed by atoms with Crippen LogP contribution in [0.15, 0.2) is 215 Å². The highest BCUT2D eigenvalue weighted by Crippen LogP contribution is 2.51. The normalized spacial score (nSPS) is 13.3. The molecule has 0 fully saturated rings. The molecule has 0 unspecified atom stereocenters. The zero-order valence-electron chi connectivity index (χ0n) is 49.4. The van der Waals surface area contributed by atoms with Crippen LogP contribution in [0.25, 0.3) is 93.6 Å². The van der Waals surface area contributed by atoms with Gasteiger partial charge in [0.2, 0.25) is 0 Å². The number of furan rings is 2. The first-order valence-electron chi connectivity index (χ1n) is 29.7. The number of fused-ring (bicyclic) bond motifs is 13. The highest BCUT2D eigenvalue weighted by molar-refractivity contribution is 7.00. The quantitative estimate of drug-likeness (QED) is 0.161. The summed E-state index contributed by atoms with van der Waals surface area (Å²) < 4.78 is 15.4. The van der Waals surface area contributed by atoms with Crippen molar-refractivity contribution in [2.75, 3.05) is 9.80 Å². The second-order valence-corrected chi connectivity index (χ2v) is 26.0. The SMILES string of the molecule is Cc1cc(-c2ccc3c(c2)oc2ccccc23)cc(C)c1N1c2cc(C(C)(C)C)ccc2B2c3cc4c5ccccc5n(-c5ccccc5)c4cc3N(c3c(C)cc(-c4ccc5c(c4)oc4ccccc45)cc3C)c3cc(C(C)(C)C)cc1c32. The van der Waals surface area contributed by atoms with Gasteiger partial charge in [0.1, 0.15) is 22.3 Å². The van der Waals surface area contributed by atoms with Crippen molar-refractivity contribution < 1.29 is 8.83 Å². The molecule has 406 valence electrons. The Hall–Kier alpha value is -9.52. The minimum Gasteiger partial charge on any atom is -0.456 e. The minimum atomic E-state index is -0.206. The Balaban J connectivity index is 0.974. The Morgan fingerprint density at radius 2 is 0.798 bits per heavy atom. The van der Waals surface area contributed by atoms with Crippen LogP contribution in [0, 0.1) is 27.7 Å². The van der Waals surface area contributed by atoms with Gasteiger partial charge in [-0.2, -0.15) is 0 Å². The number of rotatable bonds is 5. The average Bonchev–Trinajstić information content (AvgIpc) is 1.69. The number of para-hydroxylation sites is 4. The zero-order chi connectivity index (χ0) is 57.2. The van der Waals surface area contributed by atoms with E-state index in [-0.39, 0.29) is 17.5 Å². The lowest BCUT2D eigenvalue weighted by Crippen LogP contribution is -2.61. The van der Waals surface area contributed by atoms with Gasteiger partial charge in [-0.05, 0) is 214 Å². The van der Waals surface area contributed by atoms with Gasteiger partial charge < -0.3 is 23.2 Å². The number of aromatic nitrogens is 1. The molecule has 0 atom stereocenters. The maximum Gasteiger partial charge on any atom is 0.252 e. The van der Waals surface area contributed by atoms with Crippen LogP contribution in [0.5, 0.6) is 0 Å². The first-order valence-corrected chi connectivity index (χ1v) is 29.7. The van der Waals surface area contributed by atoms with Crippen LogP contribution in [0.4, 0.5) is 34.1 Å². The molecule has 0 spiro atoms. The summed E-state index contributed by atoms with van der Waals surface area (Å²) in [6.45, 7) is 23.3. The Morgan fingerprint density at radius 1 is 0.333 bits per heavy atom. The first-order chi connectivity index (χ1) is 40.6. The van der Waals surface area contributed by atoms with Gasteiger partial charge in [0.05, 0.1) is 22.4 Å². The van der Waals surface area contributed by atoms with Gasteiger partial charge in [0.25, 0.3) is 6.71 Å². The molecule has 11 aromatic carbocycles. The molecule has 6 heteroatoms. The highest BCUT2D eigenvalue weighted by atomic mass is 16.3. The molecule has 2 aliphatic rings. The molecule has 0 amide bonds. The lowest BCUT2D eigenvalue weighted by atomic mass is 9.33.